The molecule has 0 aromatic carbocycles. The topological polar surface area (TPSA) is 47.3 Å². The van der Waals surface area contributed by atoms with E-state index in [9.17, 15) is 5.11 Å². The summed E-state index contributed by atoms with van der Waals surface area (Å²) in [5, 5.41) is 9.78. The number of nitrogens with zero attached hydrogens (tertiary/aromatic N) is 2. The molecule has 0 aliphatic rings. The molecule has 0 bridgehead atoms. The third kappa shape index (κ3) is 2.82. The maximum atomic E-state index is 9.78. The maximum Gasteiger partial charge on any atom is 0.119 e. The molecule has 1 aromatic heterocycles. The lowest BCUT2D eigenvalue weighted by Crippen LogP contribution is -2.14. The zero-order valence-electron chi connectivity index (χ0n) is 8.97. The predicted molar refractivity (Wildman–Crippen MR) is 53.9 cm³/mol. The third-order valence-electron chi connectivity index (χ3n) is 2.01. The van der Waals surface area contributed by atoms with Crippen LogP contribution in [0.15, 0.2) is 12.5 Å². The highest BCUT2D eigenvalue weighted by Gasteiger charge is 2.12. The molecule has 1 atom stereocenters. The standard InChI is InChI=1S/C10H18N2O2/c1-4-12-7-11-5-9(12)10(13)6-14-8(2)3/h5,7-8,10,13H,4,6H2,1-3H3. The molecular weight excluding hydrogens is 180 g/mol. The SMILES string of the molecule is CCn1cncc1C(O)COC(C)C. The van der Waals surface area contributed by atoms with Crippen LogP contribution in [0.2, 0.25) is 0 Å². The normalized spacial score (nSPS) is 13.5. The summed E-state index contributed by atoms with van der Waals surface area (Å²) in [6.07, 6.45) is 2.95. The minimum Gasteiger partial charge on any atom is -0.384 e. The summed E-state index contributed by atoms with van der Waals surface area (Å²) in [6.45, 7) is 7.05. The maximum absolute atomic E-state index is 9.78. The van der Waals surface area contributed by atoms with Crippen LogP contribution in [0, 0.1) is 0 Å². The van der Waals surface area contributed by atoms with Crippen molar-refractivity contribution in [2.75, 3.05) is 6.61 Å². The number of aliphatic hydroxyl groups excluding tert-OH is 1. The molecule has 0 aliphatic heterocycles. The number of imidazole rings is 1. The highest BCUT2D eigenvalue weighted by molar-refractivity contribution is 5.02. The molecule has 4 heteroatoms. The fraction of sp³-hybridized carbons (Fsp3) is 0.700. The van der Waals surface area contributed by atoms with Gasteiger partial charge in [-0.25, -0.2) is 4.98 Å². The Labute approximate surface area is 84.5 Å². The molecule has 0 amide bonds. The second-order valence-corrected chi connectivity index (χ2v) is 3.50. The van der Waals surface area contributed by atoms with Gasteiger partial charge >= 0.3 is 0 Å². The minimum absolute atomic E-state index is 0.141. The summed E-state index contributed by atoms with van der Waals surface area (Å²) in [6, 6.07) is 0. The van der Waals surface area contributed by atoms with Crippen molar-refractivity contribution >= 4 is 0 Å². The Morgan fingerprint density at radius 1 is 1.57 bits per heavy atom. The molecular formula is C10H18N2O2. The van der Waals surface area contributed by atoms with Gasteiger partial charge in [0.15, 0.2) is 0 Å². The summed E-state index contributed by atoms with van der Waals surface area (Å²) in [5.74, 6) is 0. The van der Waals surface area contributed by atoms with E-state index in [1.165, 1.54) is 0 Å². The van der Waals surface area contributed by atoms with E-state index in [0.717, 1.165) is 12.2 Å². The summed E-state index contributed by atoms with van der Waals surface area (Å²) in [7, 11) is 0. The molecule has 80 valence electrons. The molecule has 1 N–H and O–H groups in total. The lowest BCUT2D eigenvalue weighted by molar-refractivity contribution is 0.00195. The van der Waals surface area contributed by atoms with Crippen molar-refractivity contribution in [2.45, 2.75) is 39.5 Å². The zero-order chi connectivity index (χ0) is 10.6. The van der Waals surface area contributed by atoms with Crippen LogP contribution in [0.1, 0.15) is 32.6 Å². The Morgan fingerprint density at radius 3 is 2.86 bits per heavy atom. The largest absolute Gasteiger partial charge is 0.384 e. The lowest BCUT2D eigenvalue weighted by Gasteiger charge is -2.14. The Morgan fingerprint density at radius 2 is 2.29 bits per heavy atom. The van der Waals surface area contributed by atoms with Gasteiger partial charge in [-0.15, -0.1) is 0 Å². The van der Waals surface area contributed by atoms with Crippen molar-refractivity contribution in [3.05, 3.63) is 18.2 Å². The molecule has 0 fully saturated rings. The highest BCUT2D eigenvalue weighted by atomic mass is 16.5. The quantitative estimate of drug-likeness (QED) is 0.777. The summed E-state index contributed by atoms with van der Waals surface area (Å²) in [4.78, 5) is 3.99. The Kier molecular flexibility index (Phi) is 4.10. The molecule has 1 heterocycles. The fourth-order valence-electron chi connectivity index (χ4n) is 1.24. The zero-order valence-corrected chi connectivity index (χ0v) is 8.97. The van der Waals surface area contributed by atoms with Gasteiger partial charge in [-0.3, -0.25) is 0 Å². The molecule has 0 spiro atoms. The van der Waals surface area contributed by atoms with E-state index >= 15 is 0 Å². The summed E-state index contributed by atoms with van der Waals surface area (Å²) < 4.78 is 7.25. The van der Waals surface area contributed by atoms with E-state index in [4.69, 9.17) is 4.74 Å². The number of ether oxygens (including phenoxy) is 1. The van der Waals surface area contributed by atoms with Crippen LogP contribution in [0.25, 0.3) is 0 Å². The molecule has 0 saturated heterocycles. The Balaban J connectivity index is 2.55. The molecule has 1 rings (SSSR count). The van der Waals surface area contributed by atoms with E-state index in [1.807, 2.05) is 25.3 Å². The van der Waals surface area contributed by atoms with Crippen LogP contribution in [-0.4, -0.2) is 27.4 Å². The van der Waals surface area contributed by atoms with Crippen molar-refractivity contribution in [3.63, 3.8) is 0 Å². The number of aliphatic hydroxyl groups is 1. The first kappa shape index (κ1) is 11.2. The molecule has 14 heavy (non-hydrogen) atoms. The predicted octanol–water partition coefficient (Wildman–Crippen LogP) is 1.36. The number of aryl methyl sites for hydroxylation is 1. The van der Waals surface area contributed by atoms with Crippen LogP contribution in [-0.2, 0) is 11.3 Å². The first-order chi connectivity index (χ1) is 6.65. The molecule has 4 nitrogen and oxygen atoms in total. The number of rotatable bonds is 5. The van der Waals surface area contributed by atoms with Gasteiger partial charge in [0, 0.05) is 6.54 Å². The van der Waals surface area contributed by atoms with Gasteiger partial charge in [0.05, 0.1) is 30.9 Å². The van der Waals surface area contributed by atoms with E-state index in [1.54, 1.807) is 12.5 Å². The lowest BCUT2D eigenvalue weighted by atomic mass is 10.3. The van der Waals surface area contributed by atoms with Gasteiger partial charge in [-0.05, 0) is 20.8 Å². The van der Waals surface area contributed by atoms with Gasteiger partial charge < -0.3 is 14.4 Å². The van der Waals surface area contributed by atoms with Crippen LogP contribution < -0.4 is 0 Å². The average Bonchev–Trinajstić information content (AvgIpc) is 2.61. The van der Waals surface area contributed by atoms with E-state index in [-0.39, 0.29) is 6.10 Å². The van der Waals surface area contributed by atoms with Gasteiger partial charge in [0.1, 0.15) is 6.10 Å². The molecule has 0 radical (unpaired) electrons. The highest BCUT2D eigenvalue weighted by Crippen LogP contribution is 2.13. The average molecular weight is 198 g/mol. The van der Waals surface area contributed by atoms with Gasteiger partial charge in [0.25, 0.3) is 0 Å². The first-order valence-corrected chi connectivity index (χ1v) is 4.94. The van der Waals surface area contributed by atoms with Crippen molar-refractivity contribution < 1.29 is 9.84 Å². The van der Waals surface area contributed by atoms with Crippen molar-refractivity contribution in [2.24, 2.45) is 0 Å². The van der Waals surface area contributed by atoms with Gasteiger partial charge in [0.2, 0.25) is 0 Å². The number of hydrogen-bond acceptors (Lipinski definition) is 3. The second kappa shape index (κ2) is 5.12. The van der Waals surface area contributed by atoms with Crippen LogP contribution >= 0.6 is 0 Å². The van der Waals surface area contributed by atoms with Crippen molar-refractivity contribution in [1.82, 2.24) is 9.55 Å². The third-order valence-corrected chi connectivity index (χ3v) is 2.01. The monoisotopic (exact) mass is 198 g/mol. The fourth-order valence-corrected chi connectivity index (χ4v) is 1.24. The molecule has 1 aromatic rings. The summed E-state index contributed by atoms with van der Waals surface area (Å²) >= 11 is 0. The Hall–Kier alpha value is -0.870. The second-order valence-electron chi connectivity index (χ2n) is 3.50. The van der Waals surface area contributed by atoms with Crippen LogP contribution in [0.3, 0.4) is 0 Å². The Bertz CT molecular complexity index is 271. The molecule has 1 unspecified atom stereocenters. The van der Waals surface area contributed by atoms with E-state index < -0.39 is 6.10 Å². The van der Waals surface area contributed by atoms with E-state index in [0.29, 0.717) is 6.61 Å². The van der Waals surface area contributed by atoms with Crippen LogP contribution in [0.5, 0.6) is 0 Å². The number of hydrogen-bond donors (Lipinski definition) is 1. The van der Waals surface area contributed by atoms with Gasteiger partial charge in [-0.2, -0.15) is 0 Å². The summed E-state index contributed by atoms with van der Waals surface area (Å²) in [5.41, 5.74) is 0.813. The molecule has 0 saturated carbocycles. The van der Waals surface area contributed by atoms with Crippen molar-refractivity contribution in [1.29, 1.82) is 0 Å². The van der Waals surface area contributed by atoms with E-state index in [2.05, 4.69) is 4.98 Å². The molecule has 0 aliphatic carbocycles. The minimum atomic E-state index is -0.583. The first-order valence-electron chi connectivity index (χ1n) is 4.94. The van der Waals surface area contributed by atoms with Crippen LogP contribution in [0.4, 0.5) is 0 Å². The number of aromatic nitrogens is 2. The van der Waals surface area contributed by atoms with Crippen molar-refractivity contribution in [3.8, 4) is 0 Å². The van der Waals surface area contributed by atoms with Gasteiger partial charge in [-0.1, -0.05) is 0 Å². The smallest absolute Gasteiger partial charge is 0.119 e.